The van der Waals surface area contributed by atoms with Crippen molar-refractivity contribution < 1.29 is 4.74 Å². The van der Waals surface area contributed by atoms with Gasteiger partial charge in [-0.2, -0.15) is 0 Å². The normalized spacial score (nSPS) is 18.6. The highest BCUT2D eigenvalue weighted by Gasteiger charge is 2.22. The predicted octanol–water partition coefficient (Wildman–Crippen LogP) is 2.96. The Labute approximate surface area is 111 Å². The summed E-state index contributed by atoms with van der Waals surface area (Å²) in [4.78, 5) is 0. The van der Waals surface area contributed by atoms with E-state index in [0.29, 0.717) is 6.04 Å². The van der Waals surface area contributed by atoms with Gasteiger partial charge in [0.2, 0.25) is 0 Å². The summed E-state index contributed by atoms with van der Waals surface area (Å²) in [7, 11) is 3.77. The van der Waals surface area contributed by atoms with Crippen molar-refractivity contribution in [2.75, 3.05) is 14.2 Å². The molecule has 16 heavy (non-hydrogen) atoms. The minimum Gasteiger partial charge on any atom is -0.496 e. The monoisotopic (exact) mass is 305 g/mol. The van der Waals surface area contributed by atoms with E-state index in [1.165, 1.54) is 22.0 Å². The minimum atomic E-state index is 0. The highest BCUT2D eigenvalue weighted by atomic mass is 79.9. The molecule has 1 atom stereocenters. The third kappa shape index (κ3) is 2.53. The van der Waals surface area contributed by atoms with Crippen LogP contribution < -0.4 is 10.1 Å². The zero-order valence-electron chi connectivity index (χ0n) is 9.55. The number of benzene rings is 1. The first kappa shape index (κ1) is 13.8. The summed E-state index contributed by atoms with van der Waals surface area (Å²) >= 11 is 3.61. The van der Waals surface area contributed by atoms with Crippen LogP contribution in [-0.2, 0) is 12.8 Å². The van der Waals surface area contributed by atoms with Crippen molar-refractivity contribution in [2.45, 2.75) is 25.3 Å². The number of likely N-dealkylation sites (N-methyl/N-ethyl adjacent to an activating group) is 1. The van der Waals surface area contributed by atoms with Gasteiger partial charge in [-0.15, -0.1) is 12.4 Å². The van der Waals surface area contributed by atoms with Gasteiger partial charge in [0.05, 0.1) is 7.11 Å². The molecule has 4 heteroatoms. The lowest BCUT2D eigenvalue weighted by Crippen LogP contribution is -2.31. The average molecular weight is 307 g/mol. The molecule has 1 aliphatic carbocycles. The molecule has 0 aliphatic heterocycles. The van der Waals surface area contributed by atoms with E-state index in [1.807, 2.05) is 13.1 Å². The Morgan fingerprint density at radius 1 is 1.38 bits per heavy atom. The van der Waals surface area contributed by atoms with Crippen molar-refractivity contribution in [2.24, 2.45) is 0 Å². The summed E-state index contributed by atoms with van der Waals surface area (Å²) in [6, 6.07) is 4.71. The number of fused-ring (bicyclic) bond motifs is 1. The summed E-state index contributed by atoms with van der Waals surface area (Å²) in [5.41, 5.74) is 2.78. The van der Waals surface area contributed by atoms with E-state index < -0.39 is 0 Å². The zero-order valence-corrected chi connectivity index (χ0v) is 12.0. The number of rotatable bonds is 2. The summed E-state index contributed by atoms with van der Waals surface area (Å²) in [5, 5.41) is 3.34. The van der Waals surface area contributed by atoms with E-state index in [4.69, 9.17) is 4.74 Å². The molecule has 0 heterocycles. The largest absolute Gasteiger partial charge is 0.496 e. The van der Waals surface area contributed by atoms with E-state index in [1.54, 1.807) is 7.11 Å². The number of hydrogen-bond acceptors (Lipinski definition) is 2. The maximum atomic E-state index is 5.41. The van der Waals surface area contributed by atoms with Gasteiger partial charge in [0, 0.05) is 10.5 Å². The molecule has 1 unspecified atom stereocenters. The lowest BCUT2D eigenvalue weighted by atomic mass is 9.88. The van der Waals surface area contributed by atoms with Gasteiger partial charge in [-0.05, 0) is 49.6 Å². The maximum absolute atomic E-state index is 5.41. The summed E-state index contributed by atoms with van der Waals surface area (Å²) in [6.45, 7) is 0. The van der Waals surface area contributed by atoms with Crippen molar-refractivity contribution in [1.29, 1.82) is 0 Å². The molecule has 0 saturated heterocycles. The van der Waals surface area contributed by atoms with Gasteiger partial charge < -0.3 is 10.1 Å². The third-order valence-corrected chi connectivity index (χ3v) is 3.90. The number of nitrogens with one attached hydrogen (secondary N) is 1. The predicted molar refractivity (Wildman–Crippen MR) is 72.8 cm³/mol. The maximum Gasteiger partial charge on any atom is 0.122 e. The molecule has 0 saturated carbocycles. The number of halogens is 2. The van der Waals surface area contributed by atoms with E-state index in [0.717, 1.165) is 18.6 Å². The van der Waals surface area contributed by atoms with Crippen LogP contribution in [-0.4, -0.2) is 20.2 Å². The Bertz CT molecular complexity index is 370. The molecule has 0 radical (unpaired) electrons. The van der Waals surface area contributed by atoms with Crippen LogP contribution in [0.5, 0.6) is 5.75 Å². The highest BCUT2D eigenvalue weighted by Crippen LogP contribution is 2.34. The van der Waals surface area contributed by atoms with E-state index in [-0.39, 0.29) is 12.4 Å². The van der Waals surface area contributed by atoms with Crippen LogP contribution in [0.15, 0.2) is 16.6 Å². The molecule has 1 N–H and O–H groups in total. The van der Waals surface area contributed by atoms with Gasteiger partial charge in [0.1, 0.15) is 5.75 Å². The van der Waals surface area contributed by atoms with Crippen LogP contribution >= 0.6 is 28.3 Å². The van der Waals surface area contributed by atoms with Gasteiger partial charge in [0.25, 0.3) is 0 Å². The third-order valence-electron chi connectivity index (χ3n) is 3.15. The fourth-order valence-electron chi connectivity index (χ4n) is 2.24. The Morgan fingerprint density at radius 3 is 2.75 bits per heavy atom. The van der Waals surface area contributed by atoms with Crippen molar-refractivity contribution in [3.63, 3.8) is 0 Å². The van der Waals surface area contributed by atoms with Gasteiger partial charge in [-0.3, -0.25) is 0 Å². The molecular formula is C12H17BrClNO. The van der Waals surface area contributed by atoms with Crippen LogP contribution in [0.4, 0.5) is 0 Å². The smallest absolute Gasteiger partial charge is 0.122 e. The number of hydrogen-bond donors (Lipinski definition) is 1. The second-order valence-corrected chi connectivity index (χ2v) is 4.79. The van der Waals surface area contributed by atoms with Gasteiger partial charge in [-0.25, -0.2) is 0 Å². The van der Waals surface area contributed by atoms with Gasteiger partial charge in [0.15, 0.2) is 0 Å². The minimum absolute atomic E-state index is 0. The number of methoxy groups -OCH3 is 1. The molecule has 0 amide bonds. The number of ether oxygens (including phenoxy) is 1. The molecule has 0 bridgehead atoms. The topological polar surface area (TPSA) is 21.3 Å². The zero-order chi connectivity index (χ0) is 10.8. The summed E-state index contributed by atoms with van der Waals surface area (Å²) in [5.74, 6) is 1.02. The average Bonchev–Trinajstić information content (AvgIpc) is 2.29. The van der Waals surface area contributed by atoms with Gasteiger partial charge >= 0.3 is 0 Å². The van der Waals surface area contributed by atoms with Crippen molar-refractivity contribution in [3.05, 3.63) is 27.7 Å². The summed E-state index contributed by atoms with van der Waals surface area (Å²) < 4.78 is 6.63. The molecule has 1 aromatic carbocycles. The molecule has 1 aliphatic rings. The lowest BCUT2D eigenvalue weighted by molar-refractivity contribution is 0.398. The van der Waals surface area contributed by atoms with Crippen molar-refractivity contribution in [1.82, 2.24) is 5.32 Å². The second-order valence-electron chi connectivity index (χ2n) is 3.94. The first-order chi connectivity index (χ1) is 7.26. The van der Waals surface area contributed by atoms with Crippen LogP contribution in [0, 0.1) is 0 Å². The fourth-order valence-corrected chi connectivity index (χ4v) is 2.81. The molecule has 0 aromatic heterocycles. The first-order valence-corrected chi connectivity index (χ1v) is 6.07. The van der Waals surface area contributed by atoms with Gasteiger partial charge in [-0.1, -0.05) is 15.9 Å². The van der Waals surface area contributed by atoms with Crippen molar-refractivity contribution in [3.8, 4) is 5.75 Å². The SMILES string of the molecule is CNC1CCc2c(Br)ccc(OC)c2C1.Cl. The molecule has 0 spiro atoms. The Kier molecular flexibility index (Phi) is 5.09. The Balaban J connectivity index is 0.00000128. The summed E-state index contributed by atoms with van der Waals surface area (Å²) in [6.07, 6.45) is 3.39. The lowest BCUT2D eigenvalue weighted by Gasteiger charge is -2.26. The molecule has 90 valence electrons. The van der Waals surface area contributed by atoms with Crippen LogP contribution in [0.25, 0.3) is 0 Å². The highest BCUT2D eigenvalue weighted by molar-refractivity contribution is 9.10. The quantitative estimate of drug-likeness (QED) is 0.907. The second kappa shape index (κ2) is 5.89. The van der Waals surface area contributed by atoms with Crippen LogP contribution in [0.3, 0.4) is 0 Å². The van der Waals surface area contributed by atoms with Crippen LogP contribution in [0.2, 0.25) is 0 Å². The molecule has 1 aromatic rings. The van der Waals surface area contributed by atoms with E-state index in [9.17, 15) is 0 Å². The van der Waals surface area contributed by atoms with Crippen LogP contribution in [0.1, 0.15) is 17.5 Å². The standard InChI is InChI=1S/C12H16BrNO.ClH/c1-14-8-3-4-9-10(7-8)12(15-2)6-5-11(9)13;/h5-6,8,14H,3-4,7H2,1-2H3;1H. The van der Waals surface area contributed by atoms with E-state index in [2.05, 4.69) is 27.3 Å². The molecular weight excluding hydrogens is 289 g/mol. The van der Waals surface area contributed by atoms with Crippen molar-refractivity contribution >= 4 is 28.3 Å². The molecule has 2 rings (SSSR count). The Hall–Kier alpha value is -0.250. The first-order valence-electron chi connectivity index (χ1n) is 5.27. The molecule has 0 fully saturated rings. The molecule has 2 nitrogen and oxygen atoms in total. The Morgan fingerprint density at radius 2 is 2.12 bits per heavy atom. The van der Waals surface area contributed by atoms with E-state index >= 15 is 0 Å². The fraction of sp³-hybridized carbons (Fsp3) is 0.500.